The highest BCUT2D eigenvalue weighted by molar-refractivity contribution is 5.76. The molecular formula is C20H29N3O2. The van der Waals surface area contributed by atoms with Crippen LogP contribution in [0.25, 0.3) is 0 Å². The van der Waals surface area contributed by atoms with Crippen LogP contribution in [0.15, 0.2) is 24.3 Å². The molecule has 3 heterocycles. The zero-order chi connectivity index (χ0) is 17.2. The second-order valence-corrected chi connectivity index (χ2v) is 7.85. The molecule has 5 nitrogen and oxygen atoms in total. The van der Waals surface area contributed by atoms with Gasteiger partial charge in [0.05, 0.1) is 12.8 Å². The fourth-order valence-corrected chi connectivity index (χ4v) is 4.88. The third-order valence-electron chi connectivity index (χ3n) is 6.02. The standard InChI is InChI=1S/C20H29N3O2/c1-25-19-5-3-2-4-18(19)23-9-8-17(13-23)22-20(24)12-14-10-15-6-7-16(11-14)21-15/h2-5,14-17,21H,6-13H2,1H3,(H,22,24). The number of nitrogens with one attached hydrogen (secondary N) is 2. The van der Waals surface area contributed by atoms with Gasteiger partial charge in [-0.05, 0) is 50.2 Å². The summed E-state index contributed by atoms with van der Waals surface area (Å²) in [7, 11) is 1.71. The number of piperidine rings is 1. The molecular weight excluding hydrogens is 314 g/mol. The summed E-state index contributed by atoms with van der Waals surface area (Å²) in [5.41, 5.74) is 1.12. The maximum atomic E-state index is 12.5. The minimum atomic E-state index is 0.234. The molecule has 2 bridgehead atoms. The summed E-state index contributed by atoms with van der Waals surface area (Å²) in [5, 5.41) is 6.92. The van der Waals surface area contributed by atoms with Crippen LogP contribution in [0.1, 0.15) is 38.5 Å². The number of anilines is 1. The van der Waals surface area contributed by atoms with Crippen LogP contribution in [0.5, 0.6) is 5.75 Å². The second-order valence-electron chi connectivity index (χ2n) is 7.85. The lowest BCUT2D eigenvalue weighted by atomic mass is 9.89. The molecule has 1 aromatic carbocycles. The summed E-state index contributed by atoms with van der Waals surface area (Å²) in [6, 6.07) is 9.67. The first-order chi connectivity index (χ1) is 12.2. The first-order valence-corrected chi connectivity index (χ1v) is 9.64. The number of para-hydroxylation sites is 2. The highest BCUT2D eigenvalue weighted by Crippen LogP contribution is 2.33. The van der Waals surface area contributed by atoms with Gasteiger partial charge in [0, 0.05) is 37.6 Å². The van der Waals surface area contributed by atoms with Gasteiger partial charge in [0.15, 0.2) is 0 Å². The molecule has 1 amide bonds. The van der Waals surface area contributed by atoms with Crippen molar-refractivity contribution in [3.8, 4) is 5.75 Å². The lowest BCUT2D eigenvalue weighted by molar-refractivity contribution is -0.122. The van der Waals surface area contributed by atoms with Gasteiger partial charge >= 0.3 is 0 Å². The first kappa shape index (κ1) is 16.7. The number of fused-ring (bicyclic) bond motifs is 2. The number of ether oxygens (including phenoxy) is 1. The van der Waals surface area contributed by atoms with Gasteiger partial charge in [-0.15, -0.1) is 0 Å². The van der Waals surface area contributed by atoms with E-state index in [4.69, 9.17) is 4.74 Å². The van der Waals surface area contributed by atoms with Crippen molar-refractivity contribution < 1.29 is 9.53 Å². The Morgan fingerprint density at radius 2 is 2.00 bits per heavy atom. The molecule has 3 fully saturated rings. The van der Waals surface area contributed by atoms with Crippen LogP contribution in [0.2, 0.25) is 0 Å². The van der Waals surface area contributed by atoms with E-state index in [1.54, 1.807) is 7.11 Å². The largest absolute Gasteiger partial charge is 0.495 e. The monoisotopic (exact) mass is 343 g/mol. The summed E-state index contributed by atoms with van der Waals surface area (Å²) >= 11 is 0. The molecule has 136 valence electrons. The van der Waals surface area contributed by atoms with E-state index >= 15 is 0 Å². The van der Waals surface area contributed by atoms with Crippen molar-refractivity contribution >= 4 is 11.6 Å². The molecule has 1 aromatic rings. The Morgan fingerprint density at radius 3 is 2.76 bits per heavy atom. The van der Waals surface area contributed by atoms with E-state index in [0.29, 0.717) is 24.4 Å². The Bertz CT molecular complexity index is 609. The first-order valence-electron chi connectivity index (χ1n) is 9.64. The van der Waals surface area contributed by atoms with Gasteiger partial charge in [-0.25, -0.2) is 0 Å². The number of benzene rings is 1. The Morgan fingerprint density at radius 1 is 1.24 bits per heavy atom. The van der Waals surface area contributed by atoms with Crippen molar-refractivity contribution in [3.05, 3.63) is 24.3 Å². The molecule has 3 aliphatic heterocycles. The zero-order valence-electron chi connectivity index (χ0n) is 15.0. The number of hydrogen-bond donors (Lipinski definition) is 2. The fraction of sp³-hybridized carbons (Fsp3) is 0.650. The average molecular weight is 343 g/mol. The van der Waals surface area contributed by atoms with Crippen molar-refractivity contribution in [2.24, 2.45) is 5.92 Å². The smallest absolute Gasteiger partial charge is 0.220 e. The Labute approximate surface area is 150 Å². The van der Waals surface area contributed by atoms with E-state index < -0.39 is 0 Å². The SMILES string of the molecule is COc1ccccc1N1CCC(NC(=O)CC2CC3CCC(C2)N3)C1. The van der Waals surface area contributed by atoms with Gasteiger partial charge in [-0.1, -0.05) is 12.1 Å². The van der Waals surface area contributed by atoms with Gasteiger partial charge in [0.25, 0.3) is 0 Å². The van der Waals surface area contributed by atoms with Crippen molar-refractivity contribution in [2.75, 3.05) is 25.1 Å². The number of rotatable bonds is 5. The average Bonchev–Trinajstić information content (AvgIpc) is 3.21. The molecule has 0 radical (unpaired) electrons. The topological polar surface area (TPSA) is 53.6 Å². The molecule has 0 aromatic heterocycles. The predicted octanol–water partition coefficient (Wildman–Crippen LogP) is 2.31. The lowest BCUT2D eigenvalue weighted by Gasteiger charge is -2.29. The van der Waals surface area contributed by atoms with E-state index in [1.165, 1.54) is 25.7 Å². The van der Waals surface area contributed by atoms with Crippen LogP contribution in [-0.4, -0.2) is 44.2 Å². The van der Waals surface area contributed by atoms with Crippen LogP contribution in [0.4, 0.5) is 5.69 Å². The number of hydrogen-bond acceptors (Lipinski definition) is 4. The van der Waals surface area contributed by atoms with Crippen LogP contribution in [-0.2, 0) is 4.79 Å². The molecule has 5 heteroatoms. The molecule has 0 spiro atoms. The highest BCUT2D eigenvalue weighted by atomic mass is 16.5. The van der Waals surface area contributed by atoms with Crippen molar-refractivity contribution in [2.45, 2.75) is 56.7 Å². The summed E-state index contributed by atoms with van der Waals surface area (Å²) in [5.74, 6) is 1.70. The Hall–Kier alpha value is -1.75. The van der Waals surface area contributed by atoms with Crippen molar-refractivity contribution in [1.29, 1.82) is 0 Å². The van der Waals surface area contributed by atoms with E-state index in [9.17, 15) is 4.79 Å². The van der Waals surface area contributed by atoms with E-state index in [2.05, 4.69) is 21.6 Å². The molecule has 3 saturated heterocycles. The molecule has 2 N–H and O–H groups in total. The van der Waals surface area contributed by atoms with Gasteiger partial charge in [-0.3, -0.25) is 4.79 Å². The van der Waals surface area contributed by atoms with Gasteiger partial charge in [0.1, 0.15) is 5.75 Å². The van der Waals surface area contributed by atoms with Gasteiger partial charge in [-0.2, -0.15) is 0 Å². The highest BCUT2D eigenvalue weighted by Gasteiger charge is 2.34. The molecule has 3 unspecified atom stereocenters. The molecule has 25 heavy (non-hydrogen) atoms. The Balaban J connectivity index is 1.28. The maximum Gasteiger partial charge on any atom is 0.220 e. The predicted molar refractivity (Wildman–Crippen MR) is 99.0 cm³/mol. The molecule has 0 saturated carbocycles. The molecule has 0 aliphatic carbocycles. The van der Waals surface area contributed by atoms with Crippen LogP contribution < -0.4 is 20.3 Å². The fourth-order valence-electron chi connectivity index (χ4n) is 4.88. The quantitative estimate of drug-likeness (QED) is 0.861. The number of nitrogens with zero attached hydrogens (tertiary/aromatic N) is 1. The number of carbonyl (C=O) groups excluding carboxylic acids is 1. The lowest BCUT2D eigenvalue weighted by Crippen LogP contribution is -2.42. The number of carbonyl (C=O) groups is 1. The number of amides is 1. The van der Waals surface area contributed by atoms with Crippen LogP contribution >= 0.6 is 0 Å². The van der Waals surface area contributed by atoms with Gasteiger partial charge in [0.2, 0.25) is 5.91 Å². The Kier molecular flexibility index (Phi) is 4.84. The third-order valence-corrected chi connectivity index (χ3v) is 6.02. The maximum absolute atomic E-state index is 12.5. The summed E-state index contributed by atoms with van der Waals surface area (Å²) in [6.07, 6.45) is 6.61. The van der Waals surface area contributed by atoms with E-state index in [-0.39, 0.29) is 11.9 Å². The molecule has 4 rings (SSSR count). The van der Waals surface area contributed by atoms with E-state index in [0.717, 1.165) is 30.9 Å². The summed E-state index contributed by atoms with van der Waals surface area (Å²) in [6.45, 7) is 1.83. The third kappa shape index (κ3) is 3.76. The second kappa shape index (κ2) is 7.24. The molecule has 3 aliphatic rings. The minimum Gasteiger partial charge on any atom is -0.495 e. The zero-order valence-corrected chi connectivity index (χ0v) is 15.0. The number of methoxy groups -OCH3 is 1. The molecule has 3 atom stereocenters. The normalized spacial score (nSPS) is 31.2. The van der Waals surface area contributed by atoms with Crippen LogP contribution in [0.3, 0.4) is 0 Å². The minimum absolute atomic E-state index is 0.234. The van der Waals surface area contributed by atoms with Crippen molar-refractivity contribution in [1.82, 2.24) is 10.6 Å². The van der Waals surface area contributed by atoms with Crippen LogP contribution in [0, 0.1) is 5.92 Å². The summed E-state index contributed by atoms with van der Waals surface area (Å²) < 4.78 is 5.47. The van der Waals surface area contributed by atoms with E-state index in [1.807, 2.05) is 18.2 Å². The van der Waals surface area contributed by atoms with Crippen molar-refractivity contribution in [3.63, 3.8) is 0 Å². The summed E-state index contributed by atoms with van der Waals surface area (Å²) in [4.78, 5) is 14.8. The van der Waals surface area contributed by atoms with Gasteiger partial charge < -0.3 is 20.3 Å².